The third-order valence-corrected chi connectivity index (χ3v) is 5.51. The molecule has 0 radical (unpaired) electrons. The molecule has 156 valence electrons. The van der Waals surface area contributed by atoms with E-state index in [4.69, 9.17) is 11.6 Å². The van der Waals surface area contributed by atoms with E-state index < -0.39 is 6.10 Å². The average Bonchev–Trinajstić information content (AvgIpc) is 2.81. The number of aliphatic hydroxyl groups excluding tert-OH is 1. The lowest BCUT2D eigenvalue weighted by Gasteiger charge is -2.28. The number of benzene rings is 1. The Labute approximate surface area is 185 Å². The first-order valence-electron chi connectivity index (χ1n) is 10.1. The van der Waals surface area contributed by atoms with Crippen LogP contribution in [0.25, 0.3) is 11.4 Å². The summed E-state index contributed by atoms with van der Waals surface area (Å²) < 4.78 is 0. The zero-order chi connectivity index (χ0) is 21.6. The highest BCUT2D eigenvalue weighted by atomic mass is 35.5. The molecule has 1 aliphatic carbocycles. The van der Waals surface area contributed by atoms with E-state index >= 15 is 0 Å². The Morgan fingerprint density at radius 2 is 1.90 bits per heavy atom. The van der Waals surface area contributed by atoms with Gasteiger partial charge in [-0.15, -0.1) is 0 Å². The van der Waals surface area contributed by atoms with Gasteiger partial charge < -0.3 is 10.4 Å². The van der Waals surface area contributed by atoms with Crippen LogP contribution in [0.2, 0.25) is 5.02 Å². The fourth-order valence-corrected chi connectivity index (χ4v) is 3.68. The molecule has 1 amide bonds. The van der Waals surface area contributed by atoms with E-state index in [9.17, 15) is 9.90 Å². The van der Waals surface area contributed by atoms with Crippen LogP contribution >= 0.6 is 11.6 Å². The zero-order valence-corrected chi connectivity index (χ0v) is 17.5. The molecule has 1 aliphatic rings. The first-order chi connectivity index (χ1) is 15.1. The van der Waals surface area contributed by atoms with E-state index in [-0.39, 0.29) is 11.9 Å². The Morgan fingerprint density at radius 3 is 2.71 bits per heavy atom. The molecule has 2 atom stereocenters. The van der Waals surface area contributed by atoms with Gasteiger partial charge in [0.2, 0.25) is 0 Å². The summed E-state index contributed by atoms with van der Waals surface area (Å²) in [6.07, 6.45) is 9.64. The number of carbonyl (C=O) groups is 1. The lowest BCUT2D eigenvalue weighted by atomic mass is 9.92. The molecule has 0 unspecified atom stereocenters. The summed E-state index contributed by atoms with van der Waals surface area (Å²) in [5.41, 5.74) is 2.44. The van der Waals surface area contributed by atoms with Gasteiger partial charge in [-0.3, -0.25) is 9.78 Å². The average molecular weight is 433 g/mol. The van der Waals surface area contributed by atoms with Crippen LogP contribution < -0.4 is 5.32 Å². The molecule has 1 fully saturated rings. The van der Waals surface area contributed by atoms with Crippen molar-refractivity contribution in [2.24, 2.45) is 0 Å². The van der Waals surface area contributed by atoms with Gasteiger partial charge in [0.15, 0.2) is 5.82 Å². The molecule has 0 bridgehead atoms. The normalized spacial score (nSPS) is 18.0. The molecular formula is C24H21ClN4O2. The SMILES string of the molecule is O=C(N[C@H]1CCCC[C@@H]1O)c1ccc(Cl)c(C#Cc2cncc(-c3ncccn3)c2)c1. The summed E-state index contributed by atoms with van der Waals surface area (Å²) >= 11 is 6.30. The van der Waals surface area contributed by atoms with Crippen molar-refractivity contribution in [2.75, 3.05) is 0 Å². The molecule has 0 saturated heterocycles. The van der Waals surface area contributed by atoms with Gasteiger partial charge in [-0.1, -0.05) is 36.3 Å². The van der Waals surface area contributed by atoms with Crippen LogP contribution in [0.15, 0.2) is 55.1 Å². The second-order valence-corrected chi connectivity index (χ2v) is 7.82. The van der Waals surface area contributed by atoms with Crippen LogP contribution in [0.4, 0.5) is 0 Å². The zero-order valence-electron chi connectivity index (χ0n) is 16.8. The van der Waals surface area contributed by atoms with Gasteiger partial charge in [0, 0.05) is 47.0 Å². The molecule has 4 rings (SSSR count). The maximum absolute atomic E-state index is 12.7. The summed E-state index contributed by atoms with van der Waals surface area (Å²) in [5, 5.41) is 13.5. The van der Waals surface area contributed by atoms with Gasteiger partial charge in [0.05, 0.1) is 17.2 Å². The van der Waals surface area contributed by atoms with Crippen molar-refractivity contribution in [1.29, 1.82) is 0 Å². The number of hydrogen-bond acceptors (Lipinski definition) is 5. The molecule has 1 aromatic carbocycles. The van der Waals surface area contributed by atoms with Crippen molar-refractivity contribution in [2.45, 2.75) is 37.8 Å². The number of nitrogens with one attached hydrogen (secondary N) is 1. The second kappa shape index (κ2) is 9.69. The molecule has 31 heavy (non-hydrogen) atoms. The maximum atomic E-state index is 12.7. The van der Waals surface area contributed by atoms with Gasteiger partial charge in [0.25, 0.3) is 5.91 Å². The minimum Gasteiger partial charge on any atom is -0.391 e. The highest BCUT2D eigenvalue weighted by molar-refractivity contribution is 6.31. The van der Waals surface area contributed by atoms with Crippen molar-refractivity contribution in [1.82, 2.24) is 20.3 Å². The number of aromatic nitrogens is 3. The summed E-state index contributed by atoms with van der Waals surface area (Å²) in [7, 11) is 0. The second-order valence-electron chi connectivity index (χ2n) is 7.41. The summed E-state index contributed by atoms with van der Waals surface area (Å²) in [4.78, 5) is 25.3. The standard InChI is InChI=1S/C24H21ClN4O2/c25-20-9-8-18(24(31)29-21-4-1-2-5-22(21)30)13-17(20)7-6-16-12-19(15-26-14-16)23-27-10-3-11-28-23/h3,8-15,21-22,30H,1-2,4-5H2,(H,29,31)/t21-,22-/m0/s1. The molecule has 7 heteroatoms. The first kappa shape index (κ1) is 21.0. The van der Waals surface area contributed by atoms with E-state index in [0.717, 1.165) is 24.8 Å². The van der Waals surface area contributed by atoms with Gasteiger partial charge >= 0.3 is 0 Å². The Bertz CT molecular complexity index is 1140. The number of hydrogen-bond donors (Lipinski definition) is 2. The number of pyridine rings is 1. The number of aliphatic hydroxyl groups is 1. The van der Waals surface area contributed by atoms with E-state index in [1.807, 2.05) is 6.07 Å². The fourth-order valence-electron chi connectivity index (χ4n) is 3.51. The van der Waals surface area contributed by atoms with Crippen molar-refractivity contribution < 1.29 is 9.90 Å². The molecule has 2 N–H and O–H groups in total. The monoisotopic (exact) mass is 432 g/mol. The quantitative estimate of drug-likeness (QED) is 0.617. The van der Waals surface area contributed by atoms with Crippen molar-refractivity contribution in [3.8, 4) is 23.2 Å². The third kappa shape index (κ3) is 5.26. The minimum atomic E-state index is -0.502. The van der Waals surface area contributed by atoms with E-state index in [2.05, 4.69) is 32.1 Å². The first-order valence-corrected chi connectivity index (χ1v) is 10.5. The minimum absolute atomic E-state index is 0.222. The van der Waals surface area contributed by atoms with Crippen molar-refractivity contribution >= 4 is 17.5 Å². The van der Waals surface area contributed by atoms with Crippen LogP contribution in [-0.4, -0.2) is 38.1 Å². The summed E-state index contributed by atoms with van der Waals surface area (Å²) in [6, 6.07) is 8.36. The van der Waals surface area contributed by atoms with E-state index in [0.29, 0.717) is 34.0 Å². The van der Waals surface area contributed by atoms with Crippen molar-refractivity contribution in [3.05, 3.63) is 76.8 Å². The number of carbonyl (C=O) groups excluding carboxylic acids is 1. The molecule has 0 spiro atoms. The largest absolute Gasteiger partial charge is 0.391 e. The number of rotatable bonds is 3. The van der Waals surface area contributed by atoms with Gasteiger partial charge in [-0.2, -0.15) is 0 Å². The number of halogens is 1. The molecule has 2 heterocycles. The van der Waals surface area contributed by atoms with Gasteiger partial charge in [0.1, 0.15) is 0 Å². The number of amides is 1. The van der Waals surface area contributed by atoms with Gasteiger partial charge in [-0.05, 0) is 43.2 Å². The molecular weight excluding hydrogens is 412 g/mol. The maximum Gasteiger partial charge on any atom is 0.251 e. The van der Waals surface area contributed by atoms with Crippen LogP contribution in [-0.2, 0) is 0 Å². The number of nitrogens with zero attached hydrogens (tertiary/aromatic N) is 3. The predicted octanol–water partition coefficient (Wildman–Crippen LogP) is 3.63. The fraction of sp³-hybridized carbons (Fsp3) is 0.250. The molecule has 1 saturated carbocycles. The third-order valence-electron chi connectivity index (χ3n) is 5.18. The highest BCUT2D eigenvalue weighted by Crippen LogP contribution is 2.21. The van der Waals surface area contributed by atoms with Crippen LogP contribution in [0.3, 0.4) is 0 Å². The van der Waals surface area contributed by atoms with E-state index in [1.165, 1.54) is 0 Å². The Kier molecular flexibility index (Phi) is 6.56. The highest BCUT2D eigenvalue weighted by Gasteiger charge is 2.25. The molecule has 2 aromatic heterocycles. The van der Waals surface area contributed by atoms with Crippen molar-refractivity contribution in [3.63, 3.8) is 0 Å². The topological polar surface area (TPSA) is 88.0 Å². The van der Waals surface area contributed by atoms with E-state index in [1.54, 1.807) is 49.1 Å². The summed E-state index contributed by atoms with van der Waals surface area (Å²) in [5.74, 6) is 6.40. The smallest absolute Gasteiger partial charge is 0.251 e. The lowest BCUT2D eigenvalue weighted by Crippen LogP contribution is -2.45. The van der Waals surface area contributed by atoms with Crippen LogP contribution in [0.5, 0.6) is 0 Å². The molecule has 0 aliphatic heterocycles. The Hall–Kier alpha value is -3.27. The van der Waals surface area contributed by atoms with Crippen LogP contribution in [0, 0.1) is 11.8 Å². The van der Waals surface area contributed by atoms with Gasteiger partial charge in [-0.25, -0.2) is 9.97 Å². The Balaban J connectivity index is 1.54. The summed E-state index contributed by atoms with van der Waals surface area (Å²) in [6.45, 7) is 0. The molecule has 6 nitrogen and oxygen atoms in total. The van der Waals surface area contributed by atoms with Crippen LogP contribution in [0.1, 0.15) is 47.2 Å². The predicted molar refractivity (Wildman–Crippen MR) is 118 cm³/mol. The lowest BCUT2D eigenvalue weighted by molar-refractivity contribution is 0.0717. The molecule has 3 aromatic rings. The Morgan fingerprint density at radius 1 is 1.10 bits per heavy atom.